The van der Waals surface area contributed by atoms with Crippen LogP contribution in [0.2, 0.25) is 0 Å². The van der Waals surface area contributed by atoms with E-state index in [2.05, 4.69) is 79.5 Å². The lowest BCUT2D eigenvalue weighted by molar-refractivity contribution is -0.124. The Bertz CT molecular complexity index is 1050. The van der Waals surface area contributed by atoms with E-state index < -0.39 is 5.66 Å². The van der Waals surface area contributed by atoms with E-state index in [9.17, 15) is 4.79 Å². The molecule has 0 unspecified atom stereocenters. The normalized spacial score (nSPS) is 26.9. The Balaban J connectivity index is 1.60. The summed E-state index contributed by atoms with van der Waals surface area (Å²) in [5.74, 6) is 1.01. The number of hydrogen-bond acceptors (Lipinski definition) is 3. The molecule has 2 aromatic rings. The number of rotatable bonds is 2. The molecule has 0 radical (unpaired) electrons. The van der Waals surface area contributed by atoms with Crippen molar-refractivity contribution >= 4 is 17.7 Å². The van der Waals surface area contributed by atoms with Gasteiger partial charge in [-0.05, 0) is 42.3 Å². The van der Waals surface area contributed by atoms with Crippen LogP contribution >= 0.6 is 0 Å². The maximum atomic E-state index is 12.5. The molecule has 5 rings (SSSR count). The van der Waals surface area contributed by atoms with Crippen molar-refractivity contribution in [3.05, 3.63) is 77.4 Å². The van der Waals surface area contributed by atoms with Gasteiger partial charge in [0.05, 0.1) is 0 Å². The second kappa shape index (κ2) is 6.24. The predicted molar refractivity (Wildman–Crippen MR) is 116 cm³/mol. The van der Waals surface area contributed by atoms with Gasteiger partial charge in [-0.25, -0.2) is 0 Å². The molecule has 4 heteroatoms. The lowest BCUT2D eigenvalue weighted by Crippen LogP contribution is -2.68. The molecule has 0 aliphatic carbocycles. The molecule has 29 heavy (non-hydrogen) atoms. The molecular weight excluding hydrogens is 360 g/mol. The number of nitrogens with zero attached hydrogens (tertiary/aromatic N) is 1. The zero-order valence-corrected chi connectivity index (χ0v) is 17.1. The zero-order chi connectivity index (χ0) is 20.2. The van der Waals surface area contributed by atoms with Crippen LogP contribution in [-0.2, 0) is 10.2 Å². The summed E-state index contributed by atoms with van der Waals surface area (Å²) in [5, 5.41) is 3.33. The quantitative estimate of drug-likeness (QED) is 0.831. The summed E-state index contributed by atoms with van der Waals surface area (Å²) in [6.07, 6.45) is 6.95. The van der Waals surface area contributed by atoms with Crippen LogP contribution in [0.1, 0.15) is 38.3 Å². The fraction of sp³-hybridized carbons (Fsp3) is 0.320. The maximum Gasteiger partial charge on any atom is 0.223 e. The zero-order valence-electron chi connectivity index (χ0n) is 17.1. The van der Waals surface area contributed by atoms with Crippen molar-refractivity contribution in [2.45, 2.75) is 44.4 Å². The number of carbonyl (C=O) groups is 1. The van der Waals surface area contributed by atoms with Gasteiger partial charge in [0.2, 0.25) is 5.91 Å². The van der Waals surface area contributed by atoms with Gasteiger partial charge in [0.25, 0.3) is 0 Å². The van der Waals surface area contributed by atoms with Crippen LogP contribution in [-0.4, -0.2) is 24.2 Å². The highest BCUT2D eigenvalue weighted by molar-refractivity contribution is 5.84. The first kappa shape index (κ1) is 18.0. The molecule has 3 heterocycles. The first-order valence-electron chi connectivity index (χ1n) is 10.3. The molecule has 2 atom stereocenters. The van der Waals surface area contributed by atoms with Crippen molar-refractivity contribution in [3.63, 3.8) is 0 Å². The average molecular weight is 386 g/mol. The van der Waals surface area contributed by atoms with Crippen LogP contribution in [0.5, 0.6) is 5.75 Å². The molecule has 3 aliphatic heterocycles. The number of amides is 1. The van der Waals surface area contributed by atoms with Crippen LogP contribution in [0.15, 0.2) is 66.3 Å². The van der Waals surface area contributed by atoms with Crippen LogP contribution in [0.4, 0.5) is 5.69 Å². The van der Waals surface area contributed by atoms with E-state index in [1.54, 1.807) is 0 Å². The highest BCUT2D eigenvalue weighted by Gasteiger charge is 2.57. The largest absolute Gasteiger partial charge is 0.485 e. The second-order valence-electron chi connectivity index (χ2n) is 8.63. The Hall–Kier alpha value is -3.01. The Morgan fingerprint density at radius 3 is 2.76 bits per heavy atom. The predicted octanol–water partition coefficient (Wildman–Crippen LogP) is 4.42. The molecule has 0 aromatic heterocycles. The van der Waals surface area contributed by atoms with Crippen molar-refractivity contribution in [2.24, 2.45) is 0 Å². The van der Waals surface area contributed by atoms with Crippen molar-refractivity contribution in [1.29, 1.82) is 0 Å². The molecule has 1 amide bonds. The van der Waals surface area contributed by atoms with Gasteiger partial charge in [0, 0.05) is 29.6 Å². The van der Waals surface area contributed by atoms with Gasteiger partial charge in [-0.3, -0.25) is 4.79 Å². The minimum atomic E-state index is -0.594. The van der Waals surface area contributed by atoms with Crippen LogP contribution in [0.25, 0.3) is 6.08 Å². The van der Waals surface area contributed by atoms with E-state index in [0.717, 1.165) is 16.9 Å². The fourth-order valence-corrected chi connectivity index (χ4v) is 4.98. The van der Waals surface area contributed by atoms with E-state index in [-0.39, 0.29) is 17.4 Å². The molecular formula is C25H26N2O2. The van der Waals surface area contributed by atoms with Crippen molar-refractivity contribution in [1.82, 2.24) is 5.32 Å². The summed E-state index contributed by atoms with van der Waals surface area (Å²) in [6, 6.07) is 16.6. The van der Waals surface area contributed by atoms with E-state index >= 15 is 0 Å². The Labute approximate surface area is 171 Å². The smallest absolute Gasteiger partial charge is 0.223 e. The topological polar surface area (TPSA) is 41.6 Å². The Morgan fingerprint density at radius 1 is 1.14 bits per heavy atom. The van der Waals surface area contributed by atoms with Gasteiger partial charge in [-0.15, -0.1) is 0 Å². The lowest BCUT2D eigenvalue weighted by atomic mass is 9.74. The summed E-state index contributed by atoms with van der Waals surface area (Å²) >= 11 is 0. The molecule has 0 spiro atoms. The number of para-hydroxylation sites is 2. The van der Waals surface area contributed by atoms with Crippen LogP contribution in [0, 0.1) is 0 Å². The number of fused-ring (bicyclic) bond motifs is 4. The van der Waals surface area contributed by atoms with E-state index in [1.165, 1.54) is 11.3 Å². The molecule has 0 saturated carbocycles. The molecule has 2 aromatic carbocycles. The van der Waals surface area contributed by atoms with E-state index in [4.69, 9.17) is 4.74 Å². The minimum absolute atomic E-state index is 0.0443. The number of benzene rings is 2. The fourth-order valence-electron chi connectivity index (χ4n) is 4.98. The Kier molecular flexibility index (Phi) is 3.89. The third-order valence-corrected chi connectivity index (χ3v) is 6.67. The van der Waals surface area contributed by atoms with Gasteiger partial charge in [-0.2, -0.15) is 0 Å². The van der Waals surface area contributed by atoms with Gasteiger partial charge in [0.1, 0.15) is 17.5 Å². The molecule has 4 nitrogen and oxygen atoms in total. The minimum Gasteiger partial charge on any atom is -0.485 e. The third kappa shape index (κ3) is 2.55. The van der Waals surface area contributed by atoms with Gasteiger partial charge in [0.15, 0.2) is 0 Å². The Morgan fingerprint density at radius 2 is 1.90 bits per heavy atom. The van der Waals surface area contributed by atoms with Gasteiger partial charge < -0.3 is 15.0 Å². The van der Waals surface area contributed by atoms with Gasteiger partial charge in [-0.1, -0.05) is 56.3 Å². The van der Waals surface area contributed by atoms with E-state index in [0.29, 0.717) is 13.0 Å². The number of nitrogens with one attached hydrogen (secondary N) is 1. The molecule has 1 fully saturated rings. The summed E-state index contributed by atoms with van der Waals surface area (Å²) in [7, 11) is 0. The second-order valence-corrected chi connectivity index (χ2v) is 8.63. The lowest BCUT2D eigenvalue weighted by Gasteiger charge is -2.49. The molecule has 148 valence electrons. The molecule has 3 aliphatic rings. The standard InChI is InChI=1S/C25H26N2O2/c1-17-18(16-19-8-4-7-11-22(19)29-17)12-14-25-24(2,3)20-9-5-6-10-21(20)27(25)15-13-23(28)26-25/h4-12,14,16-17H,13,15H2,1-3H3,(H,26,28)/t17-,25-/m0/s1. The van der Waals surface area contributed by atoms with E-state index in [1.807, 2.05) is 18.2 Å². The first-order valence-corrected chi connectivity index (χ1v) is 10.3. The van der Waals surface area contributed by atoms with Crippen LogP contribution in [0.3, 0.4) is 0 Å². The highest BCUT2D eigenvalue weighted by Crippen LogP contribution is 2.52. The number of hydrogen-bond donors (Lipinski definition) is 1. The summed E-state index contributed by atoms with van der Waals surface area (Å²) in [4.78, 5) is 14.9. The molecule has 0 bridgehead atoms. The van der Waals surface area contributed by atoms with Crippen LogP contribution < -0.4 is 15.0 Å². The molecule has 1 saturated heterocycles. The van der Waals surface area contributed by atoms with Crippen molar-refractivity contribution < 1.29 is 9.53 Å². The highest BCUT2D eigenvalue weighted by atomic mass is 16.5. The summed E-state index contributed by atoms with van der Waals surface area (Å²) in [6.45, 7) is 7.21. The first-order chi connectivity index (χ1) is 13.9. The summed E-state index contributed by atoms with van der Waals surface area (Å²) in [5.41, 5.74) is 3.79. The number of anilines is 1. The number of carbonyl (C=O) groups excluding carboxylic acids is 1. The SMILES string of the molecule is C[C@@H]1Oc2ccccc2C=C1C=C[C@]12NC(=O)CCN1c1ccccc1C2(C)C. The average Bonchev–Trinajstić information content (AvgIpc) is 2.90. The summed E-state index contributed by atoms with van der Waals surface area (Å²) < 4.78 is 6.11. The molecule has 1 N–H and O–H groups in total. The third-order valence-electron chi connectivity index (χ3n) is 6.67. The van der Waals surface area contributed by atoms with Gasteiger partial charge >= 0.3 is 0 Å². The maximum absolute atomic E-state index is 12.5. The monoisotopic (exact) mass is 386 g/mol. The number of ether oxygens (including phenoxy) is 1. The van der Waals surface area contributed by atoms with Crippen molar-refractivity contribution in [2.75, 3.05) is 11.4 Å². The van der Waals surface area contributed by atoms with Crippen molar-refractivity contribution in [3.8, 4) is 5.75 Å².